The van der Waals surface area contributed by atoms with Crippen molar-refractivity contribution in [2.75, 3.05) is 13.2 Å². The summed E-state index contributed by atoms with van der Waals surface area (Å²) in [5.74, 6) is 0.827. The number of aliphatic hydroxyl groups excluding tert-OH is 1. The van der Waals surface area contributed by atoms with Crippen LogP contribution in [0.5, 0.6) is 5.75 Å². The highest BCUT2D eigenvalue weighted by molar-refractivity contribution is 7.07. The van der Waals surface area contributed by atoms with Crippen LogP contribution in [0.15, 0.2) is 58.9 Å². The van der Waals surface area contributed by atoms with Crippen molar-refractivity contribution in [3.05, 3.63) is 63.7 Å². The Bertz CT molecular complexity index is 900. The minimum atomic E-state index is 0.0324. The van der Waals surface area contributed by atoms with Crippen LogP contribution < -0.4 is 9.54 Å². The van der Waals surface area contributed by atoms with Crippen LogP contribution >= 0.6 is 22.9 Å². The lowest BCUT2D eigenvalue weighted by atomic mass is 10.2. The smallest absolute Gasteiger partial charge is 0.190 e. The molecule has 0 atom stereocenters. The maximum Gasteiger partial charge on any atom is 0.190 e. The third-order valence-electron chi connectivity index (χ3n) is 3.64. The zero-order chi connectivity index (χ0) is 17.6. The lowest BCUT2D eigenvalue weighted by Gasteiger charge is -2.09. The molecule has 3 aromatic rings. The number of halogens is 1. The van der Waals surface area contributed by atoms with Gasteiger partial charge in [0.2, 0.25) is 0 Å². The zero-order valence-corrected chi connectivity index (χ0v) is 15.4. The first-order chi connectivity index (χ1) is 12.2. The number of benzene rings is 2. The summed E-state index contributed by atoms with van der Waals surface area (Å²) in [6, 6.07) is 15.3. The van der Waals surface area contributed by atoms with Gasteiger partial charge < -0.3 is 14.4 Å². The lowest BCUT2D eigenvalue weighted by molar-refractivity contribution is 0.275. The molecular formula is C19H19ClN2O2S. The van der Waals surface area contributed by atoms with Gasteiger partial charge >= 0.3 is 0 Å². The van der Waals surface area contributed by atoms with E-state index in [0.717, 1.165) is 27.5 Å². The molecule has 0 amide bonds. The fourth-order valence-corrected chi connectivity index (χ4v) is 3.69. The van der Waals surface area contributed by atoms with Crippen LogP contribution in [0.1, 0.15) is 6.92 Å². The molecule has 0 radical (unpaired) electrons. The van der Waals surface area contributed by atoms with Crippen molar-refractivity contribution < 1.29 is 9.84 Å². The van der Waals surface area contributed by atoms with Gasteiger partial charge in [-0.05, 0) is 37.3 Å². The number of hydrogen-bond donors (Lipinski definition) is 1. The van der Waals surface area contributed by atoms with E-state index < -0.39 is 0 Å². The molecule has 3 rings (SSSR count). The molecule has 0 bridgehead atoms. The predicted molar refractivity (Wildman–Crippen MR) is 103 cm³/mol. The average molecular weight is 375 g/mol. The summed E-state index contributed by atoms with van der Waals surface area (Å²) in [5.41, 5.74) is 2.72. The Morgan fingerprint density at radius 3 is 2.60 bits per heavy atom. The van der Waals surface area contributed by atoms with Gasteiger partial charge in [-0.15, -0.1) is 11.3 Å². The molecule has 0 fully saturated rings. The third kappa shape index (κ3) is 4.12. The van der Waals surface area contributed by atoms with Crippen LogP contribution in [0.3, 0.4) is 0 Å². The van der Waals surface area contributed by atoms with E-state index in [-0.39, 0.29) is 6.61 Å². The summed E-state index contributed by atoms with van der Waals surface area (Å²) in [5, 5.41) is 12.2. The van der Waals surface area contributed by atoms with Crippen LogP contribution in [0.2, 0.25) is 5.02 Å². The van der Waals surface area contributed by atoms with E-state index in [1.165, 1.54) is 11.3 Å². The predicted octanol–water partition coefficient (Wildman–Crippen LogP) is 4.49. The molecule has 0 unspecified atom stereocenters. The minimum absolute atomic E-state index is 0.0324. The molecule has 4 nitrogen and oxygen atoms in total. The van der Waals surface area contributed by atoms with Crippen molar-refractivity contribution in [1.82, 2.24) is 4.57 Å². The van der Waals surface area contributed by atoms with Crippen LogP contribution in [-0.2, 0) is 6.54 Å². The Labute approximate surface area is 155 Å². The third-order valence-corrected chi connectivity index (χ3v) is 4.84. The van der Waals surface area contributed by atoms with E-state index in [2.05, 4.69) is 0 Å². The van der Waals surface area contributed by atoms with Gasteiger partial charge in [0.25, 0.3) is 0 Å². The van der Waals surface area contributed by atoms with Crippen molar-refractivity contribution in [3.8, 4) is 17.0 Å². The minimum Gasteiger partial charge on any atom is -0.494 e. The van der Waals surface area contributed by atoms with E-state index >= 15 is 0 Å². The molecule has 0 saturated heterocycles. The molecule has 130 valence electrons. The van der Waals surface area contributed by atoms with Crippen molar-refractivity contribution in [1.29, 1.82) is 0 Å². The number of ether oxygens (including phenoxy) is 1. The van der Waals surface area contributed by atoms with E-state index in [1.807, 2.05) is 65.4 Å². The highest BCUT2D eigenvalue weighted by Crippen LogP contribution is 2.28. The standard InChI is InChI=1S/C19H19ClN2O2S/c1-2-24-15-9-7-14(8-10-15)21-19-22(11-12-23)18(13-25-19)16-5-3-4-6-17(16)20/h3-10,13,23H,2,11-12H2,1H3. The van der Waals surface area contributed by atoms with Crippen molar-refractivity contribution in [2.24, 2.45) is 4.99 Å². The summed E-state index contributed by atoms with van der Waals surface area (Å²) in [4.78, 5) is 5.52. The molecule has 0 spiro atoms. The lowest BCUT2D eigenvalue weighted by Crippen LogP contribution is -2.17. The van der Waals surface area contributed by atoms with Gasteiger partial charge in [-0.25, -0.2) is 4.99 Å². The summed E-state index contributed by atoms with van der Waals surface area (Å²) < 4.78 is 7.44. The largest absolute Gasteiger partial charge is 0.494 e. The van der Waals surface area contributed by atoms with E-state index in [4.69, 9.17) is 21.3 Å². The van der Waals surface area contributed by atoms with Gasteiger partial charge in [0.05, 0.1) is 24.6 Å². The number of hydrogen-bond acceptors (Lipinski definition) is 4. The van der Waals surface area contributed by atoms with Gasteiger partial charge in [-0.2, -0.15) is 0 Å². The normalized spacial score (nSPS) is 11.7. The molecule has 0 aliphatic carbocycles. The first-order valence-corrected chi connectivity index (χ1v) is 9.30. The van der Waals surface area contributed by atoms with Crippen molar-refractivity contribution in [2.45, 2.75) is 13.5 Å². The molecule has 2 aromatic carbocycles. The zero-order valence-electron chi connectivity index (χ0n) is 13.9. The topological polar surface area (TPSA) is 46.8 Å². The van der Waals surface area contributed by atoms with Gasteiger partial charge in [-0.1, -0.05) is 29.8 Å². The summed E-state index contributed by atoms with van der Waals surface area (Å²) in [6.45, 7) is 3.08. The molecule has 1 N–H and O–H groups in total. The Morgan fingerprint density at radius 1 is 1.16 bits per heavy atom. The average Bonchev–Trinajstić information content (AvgIpc) is 3.00. The molecule has 0 aliphatic rings. The number of aliphatic hydroxyl groups is 1. The maximum absolute atomic E-state index is 9.46. The second kappa shape index (κ2) is 8.34. The molecule has 1 heterocycles. The Morgan fingerprint density at radius 2 is 1.92 bits per heavy atom. The second-order valence-electron chi connectivity index (χ2n) is 5.30. The monoisotopic (exact) mass is 374 g/mol. The van der Waals surface area contributed by atoms with Crippen LogP contribution in [0, 0.1) is 0 Å². The number of nitrogens with zero attached hydrogens (tertiary/aromatic N) is 2. The first-order valence-electron chi connectivity index (χ1n) is 8.04. The highest BCUT2D eigenvalue weighted by atomic mass is 35.5. The molecule has 1 aromatic heterocycles. The first kappa shape index (κ1) is 17.7. The second-order valence-corrected chi connectivity index (χ2v) is 6.54. The Balaban J connectivity index is 2.03. The Hall–Kier alpha value is -2.08. The van der Waals surface area contributed by atoms with Crippen LogP contribution in [0.4, 0.5) is 5.69 Å². The number of rotatable bonds is 6. The van der Waals surface area contributed by atoms with Gasteiger partial charge in [0, 0.05) is 22.5 Å². The van der Waals surface area contributed by atoms with E-state index in [0.29, 0.717) is 18.2 Å². The molecular weight excluding hydrogens is 356 g/mol. The van der Waals surface area contributed by atoms with Gasteiger partial charge in [0.1, 0.15) is 5.75 Å². The molecule has 0 aliphatic heterocycles. The molecule has 0 saturated carbocycles. The number of thiazole rings is 1. The number of aromatic nitrogens is 1. The molecule has 25 heavy (non-hydrogen) atoms. The van der Waals surface area contributed by atoms with Crippen LogP contribution in [-0.4, -0.2) is 22.9 Å². The van der Waals surface area contributed by atoms with Crippen LogP contribution in [0.25, 0.3) is 11.3 Å². The van der Waals surface area contributed by atoms with E-state index in [9.17, 15) is 5.11 Å². The fourth-order valence-electron chi connectivity index (χ4n) is 2.51. The SMILES string of the molecule is CCOc1ccc(N=c2scc(-c3ccccc3Cl)n2CCO)cc1. The molecule has 6 heteroatoms. The van der Waals surface area contributed by atoms with Crippen molar-refractivity contribution >= 4 is 28.6 Å². The fraction of sp³-hybridized carbons (Fsp3) is 0.211. The van der Waals surface area contributed by atoms with E-state index in [1.54, 1.807) is 0 Å². The summed E-state index contributed by atoms with van der Waals surface area (Å²) in [7, 11) is 0. The highest BCUT2D eigenvalue weighted by Gasteiger charge is 2.10. The maximum atomic E-state index is 9.46. The van der Waals surface area contributed by atoms with Gasteiger partial charge in [0.15, 0.2) is 4.80 Å². The quantitative estimate of drug-likeness (QED) is 0.690. The summed E-state index contributed by atoms with van der Waals surface area (Å²) in [6.07, 6.45) is 0. The summed E-state index contributed by atoms with van der Waals surface area (Å²) >= 11 is 7.86. The Kier molecular flexibility index (Phi) is 5.91. The van der Waals surface area contributed by atoms with Crippen molar-refractivity contribution in [3.63, 3.8) is 0 Å². The van der Waals surface area contributed by atoms with Gasteiger partial charge in [-0.3, -0.25) is 0 Å².